The number of aliphatic hydroxyl groups excluding tert-OH is 3. The first kappa shape index (κ1) is 22.8. The van der Waals surface area contributed by atoms with Crippen LogP contribution in [0.2, 0.25) is 5.28 Å². The normalized spacial score (nSPS) is 29.0. The number of rotatable bonds is 6. The number of ether oxygens (including phenoxy) is 1. The summed E-state index contributed by atoms with van der Waals surface area (Å²) in [5.74, 6) is 0.451. The highest BCUT2D eigenvalue weighted by molar-refractivity contribution is 7.97. The van der Waals surface area contributed by atoms with E-state index in [0.29, 0.717) is 22.2 Å². The Kier molecular flexibility index (Phi) is 6.48. The van der Waals surface area contributed by atoms with Crippen molar-refractivity contribution in [2.24, 2.45) is 5.10 Å². The van der Waals surface area contributed by atoms with Crippen LogP contribution in [0.1, 0.15) is 19.1 Å². The molecule has 0 aromatic carbocycles. The zero-order valence-electron chi connectivity index (χ0n) is 17.9. The van der Waals surface area contributed by atoms with E-state index in [4.69, 9.17) is 16.3 Å². The first-order valence-corrected chi connectivity index (χ1v) is 11.9. The molecule has 2 unspecified atom stereocenters. The van der Waals surface area contributed by atoms with Gasteiger partial charge in [-0.25, -0.2) is 14.4 Å². The van der Waals surface area contributed by atoms with Crippen LogP contribution < -0.4 is 5.43 Å². The van der Waals surface area contributed by atoms with Gasteiger partial charge < -0.3 is 30.4 Å². The number of fused-ring (bicyclic) bond motifs is 1. The minimum atomic E-state index is -1.25. The number of nitrogens with zero attached hydrogens (tertiary/aromatic N) is 8. The van der Waals surface area contributed by atoms with Gasteiger partial charge in [-0.1, -0.05) is 0 Å². The van der Waals surface area contributed by atoms with Crippen LogP contribution >= 0.6 is 23.5 Å². The molecule has 2 fully saturated rings. The summed E-state index contributed by atoms with van der Waals surface area (Å²) < 4.78 is 9.11. The molecule has 2 saturated heterocycles. The monoisotopic (exact) mass is 499 g/mol. The number of halogens is 1. The zero-order valence-corrected chi connectivity index (χ0v) is 19.5. The maximum Gasteiger partial charge on any atom is 0.226 e. The zero-order chi connectivity index (χ0) is 23.1. The molecule has 0 spiro atoms. The molecule has 0 saturated carbocycles. The van der Waals surface area contributed by atoms with E-state index >= 15 is 0 Å². The Morgan fingerprint density at radius 1 is 1.24 bits per heavy atom. The highest BCUT2D eigenvalue weighted by Gasteiger charge is 2.44. The molecule has 15 heteroatoms. The highest BCUT2D eigenvalue weighted by atomic mass is 35.5. The van der Waals surface area contributed by atoms with Gasteiger partial charge in [0.15, 0.2) is 23.2 Å². The third-order valence-corrected chi connectivity index (χ3v) is 7.28. The molecule has 4 N–H and O–H groups in total. The number of hydrogen-bond donors (Lipinski definition) is 4. The molecular weight excluding hydrogens is 474 g/mol. The first-order chi connectivity index (χ1) is 15.9. The standard InChI is InChI=1S/C18H26ClN9O4S/c1-25-8-21-28(9-25)33-10-2-4-26(5-3-10)24-15-12-16(23-18(19)22-15)27(7-20-12)17-14(31)13(30)11(6-29)32-17/h7-8,10-11,13-14,17,29-31H,2-6,9H2,1H3,(H,22,23,24)/t11-,13?,14?,17-/m1/s1. The molecule has 5 heterocycles. The van der Waals surface area contributed by atoms with Gasteiger partial charge in [0.25, 0.3) is 0 Å². The van der Waals surface area contributed by atoms with Crippen LogP contribution in [-0.4, -0.2) is 112 Å². The van der Waals surface area contributed by atoms with Gasteiger partial charge in [-0.3, -0.25) is 4.57 Å². The van der Waals surface area contributed by atoms with Crippen molar-refractivity contribution in [3.05, 3.63) is 11.6 Å². The minimum Gasteiger partial charge on any atom is -0.394 e. The minimum absolute atomic E-state index is 0.0138. The highest BCUT2D eigenvalue weighted by Crippen LogP contribution is 2.33. The fourth-order valence-corrected chi connectivity index (χ4v) is 5.40. The van der Waals surface area contributed by atoms with Crippen molar-refractivity contribution in [2.45, 2.75) is 42.6 Å². The fraction of sp³-hybridized carbons (Fsp3) is 0.667. The second-order valence-corrected chi connectivity index (χ2v) is 9.92. The lowest BCUT2D eigenvalue weighted by molar-refractivity contribution is -0.0511. The summed E-state index contributed by atoms with van der Waals surface area (Å²) in [6.07, 6.45) is 0.909. The smallest absolute Gasteiger partial charge is 0.226 e. The molecule has 2 aromatic rings. The van der Waals surface area contributed by atoms with E-state index < -0.39 is 31.1 Å². The molecule has 0 amide bonds. The lowest BCUT2D eigenvalue weighted by Crippen LogP contribution is -2.40. The lowest BCUT2D eigenvalue weighted by Gasteiger charge is -2.33. The lowest BCUT2D eigenvalue weighted by atomic mass is 10.1. The number of anilines is 1. The Morgan fingerprint density at radius 3 is 2.70 bits per heavy atom. The van der Waals surface area contributed by atoms with Gasteiger partial charge in [0.05, 0.1) is 12.9 Å². The van der Waals surface area contributed by atoms with Crippen molar-refractivity contribution in [1.82, 2.24) is 33.8 Å². The first-order valence-electron chi connectivity index (χ1n) is 10.7. The average molecular weight is 500 g/mol. The molecule has 4 atom stereocenters. The van der Waals surface area contributed by atoms with Crippen LogP contribution in [-0.2, 0) is 4.74 Å². The number of hydrogen-bond acceptors (Lipinski definition) is 13. The molecule has 3 aliphatic heterocycles. The summed E-state index contributed by atoms with van der Waals surface area (Å²) >= 11 is 7.95. The van der Waals surface area contributed by atoms with E-state index in [2.05, 4.69) is 30.5 Å². The second-order valence-electron chi connectivity index (χ2n) is 8.28. The Morgan fingerprint density at radius 2 is 2.03 bits per heavy atom. The molecule has 33 heavy (non-hydrogen) atoms. The van der Waals surface area contributed by atoms with E-state index in [-0.39, 0.29) is 5.28 Å². The number of hydrazone groups is 1. The van der Waals surface area contributed by atoms with Crippen molar-refractivity contribution in [3.8, 4) is 0 Å². The van der Waals surface area contributed by atoms with Crippen molar-refractivity contribution in [3.63, 3.8) is 0 Å². The number of aromatic nitrogens is 4. The number of aliphatic hydroxyl groups is 3. The van der Waals surface area contributed by atoms with E-state index in [9.17, 15) is 15.3 Å². The predicted molar refractivity (Wildman–Crippen MR) is 122 cm³/mol. The molecule has 0 aliphatic carbocycles. The second kappa shape index (κ2) is 9.37. The number of piperidine rings is 1. The van der Waals surface area contributed by atoms with Crippen LogP contribution in [0.3, 0.4) is 0 Å². The molecule has 0 bridgehead atoms. The summed E-state index contributed by atoms with van der Waals surface area (Å²) in [6, 6.07) is 0. The van der Waals surface area contributed by atoms with Gasteiger partial charge in [0.2, 0.25) is 5.28 Å². The van der Waals surface area contributed by atoms with E-state index in [0.717, 1.165) is 32.6 Å². The van der Waals surface area contributed by atoms with Crippen LogP contribution in [0.25, 0.3) is 11.2 Å². The molecule has 2 aromatic heterocycles. The summed E-state index contributed by atoms with van der Waals surface area (Å²) in [6.45, 7) is 1.99. The van der Waals surface area contributed by atoms with Gasteiger partial charge in [-0.2, -0.15) is 15.1 Å². The third-order valence-electron chi connectivity index (χ3n) is 5.88. The number of nitrogens with one attached hydrogen (secondary N) is 1. The van der Waals surface area contributed by atoms with Gasteiger partial charge in [0, 0.05) is 25.4 Å². The van der Waals surface area contributed by atoms with Crippen LogP contribution in [0.15, 0.2) is 11.4 Å². The molecular formula is C18H26ClN9O4S. The van der Waals surface area contributed by atoms with Gasteiger partial charge in [0.1, 0.15) is 31.3 Å². The molecule has 180 valence electrons. The molecule has 0 radical (unpaired) electrons. The van der Waals surface area contributed by atoms with Crippen molar-refractivity contribution in [2.75, 3.05) is 38.8 Å². The number of hydrazine groups is 1. The molecule has 5 rings (SSSR count). The summed E-state index contributed by atoms with van der Waals surface area (Å²) in [4.78, 5) is 15.0. The SMILES string of the molecule is CN1C=NN(SC2CCN(Nc3nc(Cl)nc4c3ncn4[C@@H]3O[C@H](CO)C(O)C3O)CC2)C1. The average Bonchev–Trinajstić information content (AvgIpc) is 3.48. The Hall–Kier alpha value is -1.94. The van der Waals surface area contributed by atoms with Gasteiger partial charge in [-0.15, -0.1) is 0 Å². The van der Waals surface area contributed by atoms with Gasteiger partial charge in [-0.05, 0) is 36.4 Å². The van der Waals surface area contributed by atoms with Crippen molar-refractivity contribution < 1.29 is 20.1 Å². The number of imidazole rings is 1. The van der Waals surface area contributed by atoms with E-state index in [1.807, 2.05) is 22.7 Å². The largest absolute Gasteiger partial charge is 0.394 e. The topological polar surface area (TPSA) is 148 Å². The Labute approximate surface area is 199 Å². The van der Waals surface area contributed by atoms with Crippen LogP contribution in [0.4, 0.5) is 5.82 Å². The summed E-state index contributed by atoms with van der Waals surface area (Å²) in [5.41, 5.74) is 4.11. The molecule has 13 nitrogen and oxygen atoms in total. The summed E-state index contributed by atoms with van der Waals surface area (Å²) in [5, 5.41) is 36.8. The van der Waals surface area contributed by atoms with Crippen LogP contribution in [0, 0.1) is 0 Å². The third kappa shape index (κ3) is 4.56. The van der Waals surface area contributed by atoms with Crippen LogP contribution in [0.5, 0.6) is 0 Å². The Balaban J connectivity index is 1.27. The van der Waals surface area contributed by atoms with Crippen molar-refractivity contribution in [1.29, 1.82) is 0 Å². The summed E-state index contributed by atoms with van der Waals surface area (Å²) in [7, 11) is 2.00. The fourth-order valence-electron chi connectivity index (χ4n) is 4.13. The van der Waals surface area contributed by atoms with E-state index in [1.165, 1.54) is 10.9 Å². The van der Waals surface area contributed by atoms with Gasteiger partial charge >= 0.3 is 0 Å². The predicted octanol–water partition coefficient (Wildman–Crippen LogP) is -0.321. The maximum absolute atomic E-state index is 10.4. The Bertz CT molecular complexity index is 1020. The maximum atomic E-state index is 10.4. The van der Waals surface area contributed by atoms with Crippen molar-refractivity contribution >= 4 is 46.9 Å². The molecule has 3 aliphatic rings. The van der Waals surface area contributed by atoms with E-state index in [1.54, 1.807) is 11.9 Å². The quantitative estimate of drug-likeness (QED) is 0.305.